The van der Waals surface area contributed by atoms with Crippen LogP contribution in [-0.2, 0) is 14.4 Å². The SMILES string of the molecule is C=CCN(C(=O)[C@@H]1[C@H]2C(=O)N(CCCCCCO)C(C(=O)N(CC=C)C(C)C)C23S[C@@H]1CC3C)c1ccc(OCC)cc1. The zero-order valence-electron chi connectivity index (χ0n) is 26.2. The number of thioether (sulfide) groups is 1. The number of fused-ring (bicyclic) bond motifs is 1. The Morgan fingerprint density at radius 1 is 1.12 bits per heavy atom. The molecule has 9 heteroatoms. The first kappa shape index (κ1) is 33.1. The van der Waals surface area contributed by atoms with Gasteiger partial charge in [0.1, 0.15) is 11.8 Å². The van der Waals surface area contributed by atoms with Gasteiger partial charge in [-0.3, -0.25) is 14.4 Å². The van der Waals surface area contributed by atoms with Crippen molar-refractivity contribution in [3.8, 4) is 5.75 Å². The molecule has 0 radical (unpaired) electrons. The van der Waals surface area contributed by atoms with Crippen LogP contribution in [0.15, 0.2) is 49.6 Å². The maximum Gasteiger partial charge on any atom is 0.247 e. The molecule has 1 spiro atoms. The van der Waals surface area contributed by atoms with E-state index in [-0.39, 0.29) is 41.5 Å². The van der Waals surface area contributed by atoms with E-state index >= 15 is 0 Å². The summed E-state index contributed by atoms with van der Waals surface area (Å²) in [5.74, 6) is -0.477. The van der Waals surface area contributed by atoms with E-state index in [0.29, 0.717) is 26.2 Å². The standard InChI is InChI=1S/C34H49N3O5S/c1-7-18-35(23(4)5)33(41)30-34-24(6)22-27(43-34)28(29(34)32(40)37(30)20-12-10-11-13-21-38)31(39)36(19-8-2)25-14-16-26(17-15-25)42-9-3/h7-8,14-17,23-24,27-30,38H,1-2,9-13,18-22H2,3-6H3/t24?,27-,28+,29+,30?,34?/m1/s1. The van der Waals surface area contributed by atoms with E-state index in [9.17, 15) is 19.5 Å². The highest BCUT2D eigenvalue weighted by Gasteiger charge is 2.76. The first-order valence-corrected chi connectivity index (χ1v) is 16.7. The van der Waals surface area contributed by atoms with Crippen molar-refractivity contribution < 1.29 is 24.2 Å². The minimum absolute atomic E-state index is 0.0413. The average Bonchev–Trinajstić information content (AvgIpc) is 3.58. The molecule has 1 N–H and O–H groups in total. The summed E-state index contributed by atoms with van der Waals surface area (Å²) in [6.07, 6.45) is 7.44. The van der Waals surface area contributed by atoms with Gasteiger partial charge in [-0.25, -0.2) is 0 Å². The molecule has 43 heavy (non-hydrogen) atoms. The van der Waals surface area contributed by atoms with Gasteiger partial charge in [-0.1, -0.05) is 31.9 Å². The van der Waals surface area contributed by atoms with Crippen molar-refractivity contribution in [1.82, 2.24) is 9.80 Å². The van der Waals surface area contributed by atoms with E-state index < -0.39 is 22.6 Å². The Hall–Kier alpha value is -2.78. The van der Waals surface area contributed by atoms with Crippen molar-refractivity contribution in [2.45, 2.75) is 81.9 Å². The molecule has 4 rings (SSSR count). The molecule has 1 aromatic carbocycles. The van der Waals surface area contributed by atoms with Crippen LogP contribution < -0.4 is 9.64 Å². The van der Waals surface area contributed by atoms with Crippen molar-refractivity contribution in [3.63, 3.8) is 0 Å². The number of carbonyl (C=O) groups excluding carboxylic acids is 3. The number of unbranched alkanes of at least 4 members (excludes halogenated alkanes) is 3. The van der Waals surface area contributed by atoms with Gasteiger partial charge in [0.2, 0.25) is 17.7 Å². The Kier molecular flexibility index (Phi) is 11.0. The number of carbonyl (C=O) groups is 3. The molecule has 0 saturated carbocycles. The van der Waals surface area contributed by atoms with Crippen LogP contribution in [-0.4, -0.2) is 87.6 Å². The number of amides is 3. The van der Waals surface area contributed by atoms with Crippen LogP contribution in [0.3, 0.4) is 0 Å². The Morgan fingerprint density at radius 2 is 1.79 bits per heavy atom. The average molecular weight is 612 g/mol. The summed E-state index contributed by atoms with van der Waals surface area (Å²) in [5, 5.41) is 9.18. The van der Waals surface area contributed by atoms with Crippen molar-refractivity contribution in [2.24, 2.45) is 17.8 Å². The molecule has 8 nitrogen and oxygen atoms in total. The minimum atomic E-state index is -0.669. The minimum Gasteiger partial charge on any atom is -0.494 e. The molecule has 3 aliphatic rings. The van der Waals surface area contributed by atoms with E-state index in [2.05, 4.69) is 20.1 Å². The maximum atomic E-state index is 14.5. The van der Waals surface area contributed by atoms with Gasteiger partial charge in [-0.2, -0.15) is 0 Å². The first-order chi connectivity index (χ1) is 20.7. The highest BCUT2D eigenvalue weighted by Crippen LogP contribution is 2.69. The molecule has 3 aliphatic heterocycles. The number of aliphatic hydroxyl groups is 1. The number of hydrogen-bond donors (Lipinski definition) is 1. The third-order valence-electron chi connectivity index (χ3n) is 9.34. The molecule has 3 unspecified atom stereocenters. The lowest BCUT2D eigenvalue weighted by Gasteiger charge is -2.41. The molecule has 3 saturated heterocycles. The number of hydrogen-bond acceptors (Lipinski definition) is 6. The summed E-state index contributed by atoms with van der Waals surface area (Å²) in [4.78, 5) is 48.9. The molecule has 236 valence electrons. The summed E-state index contributed by atoms with van der Waals surface area (Å²) in [7, 11) is 0. The van der Waals surface area contributed by atoms with Gasteiger partial charge < -0.3 is 24.5 Å². The zero-order valence-corrected chi connectivity index (χ0v) is 27.1. The highest BCUT2D eigenvalue weighted by atomic mass is 32.2. The van der Waals surface area contributed by atoms with Crippen LogP contribution in [0.2, 0.25) is 0 Å². The van der Waals surface area contributed by atoms with Gasteiger partial charge in [0.05, 0.1) is 23.2 Å². The van der Waals surface area contributed by atoms with Crippen LogP contribution in [0.1, 0.15) is 59.8 Å². The van der Waals surface area contributed by atoms with Gasteiger partial charge in [-0.05, 0) is 70.2 Å². The van der Waals surface area contributed by atoms with Crippen molar-refractivity contribution in [3.05, 3.63) is 49.6 Å². The van der Waals surface area contributed by atoms with Gasteiger partial charge >= 0.3 is 0 Å². The second-order valence-electron chi connectivity index (χ2n) is 12.3. The summed E-state index contributed by atoms with van der Waals surface area (Å²) in [6.45, 7) is 17.7. The molecule has 3 amide bonds. The van der Waals surface area contributed by atoms with Crippen LogP contribution in [0.5, 0.6) is 5.75 Å². The number of rotatable bonds is 16. The fourth-order valence-electron chi connectivity index (χ4n) is 7.44. The Labute approximate surface area is 261 Å². The van der Waals surface area contributed by atoms with Crippen molar-refractivity contribution in [1.29, 1.82) is 0 Å². The lowest BCUT2D eigenvalue weighted by atomic mass is 9.65. The van der Waals surface area contributed by atoms with Crippen LogP contribution in [0.25, 0.3) is 0 Å². The third-order valence-corrected chi connectivity index (χ3v) is 11.4. The molecule has 1 aromatic rings. The number of anilines is 1. The first-order valence-electron chi connectivity index (χ1n) is 15.8. The van der Waals surface area contributed by atoms with Crippen LogP contribution >= 0.6 is 11.8 Å². The Balaban J connectivity index is 1.72. The fourth-order valence-corrected chi connectivity index (χ4v) is 9.85. The van der Waals surface area contributed by atoms with E-state index in [4.69, 9.17) is 4.74 Å². The predicted molar refractivity (Wildman–Crippen MR) is 173 cm³/mol. The normalized spacial score (nSPS) is 27.3. The zero-order chi connectivity index (χ0) is 31.3. The molecule has 0 aliphatic carbocycles. The molecule has 0 aromatic heterocycles. The van der Waals surface area contributed by atoms with E-state index in [1.54, 1.807) is 28.8 Å². The van der Waals surface area contributed by atoms with Gasteiger partial charge in [0, 0.05) is 43.2 Å². The van der Waals surface area contributed by atoms with Gasteiger partial charge in [0.25, 0.3) is 0 Å². The monoisotopic (exact) mass is 611 g/mol. The van der Waals surface area contributed by atoms with Crippen molar-refractivity contribution in [2.75, 3.05) is 37.7 Å². The number of ether oxygens (including phenoxy) is 1. The molecular formula is C34H49N3O5S. The smallest absolute Gasteiger partial charge is 0.247 e. The van der Waals surface area contributed by atoms with E-state index in [1.807, 2.05) is 54.8 Å². The second kappa shape index (κ2) is 14.3. The third kappa shape index (κ3) is 6.12. The summed E-state index contributed by atoms with van der Waals surface area (Å²) in [6, 6.07) is 6.78. The largest absolute Gasteiger partial charge is 0.494 e. The molecule has 6 atom stereocenters. The predicted octanol–water partition coefficient (Wildman–Crippen LogP) is 4.92. The number of aliphatic hydroxyl groups excluding tert-OH is 1. The molecule has 2 bridgehead atoms. The number of likely N-dealkylation sites (tertiary alicyclic amines) is 1. The summed E-state index contributed by atoms with van der Waals surface area (Å²) < 4.78 is 4.94. The topological polar surface area (TPSA) is 90.4 Å². The highest BCUT2D eigenvalue weighted by molar-refractivity contribution is 8.02. The number of benzene rings is 1. The maximum absolute atomic E-state index is 14.5. The van der Waals surface area contributed by atoms with Crippen LogP contribution in [0.4, 0.5) is 5.69 Å². The van der Waals surface area contributed by atoms with Gasteiger partial charge in [-0.15, -0.1) is 24.9 Å². The molecule has 3 fully saturated rings. The summed E-state index contributed by atoms with van der Waals surface area (Å²) >= 11 is 1.71. The molecule has 3 heterocycles. The van der Waals surface area contributed by atoms with E-state index in [1.165, 1.54) is 0 Å². The summed E-state index contributed by atoms with van der Waals surface area (Å²) in [5.41, 5.74) is 0.735. The molecular weight excluding hydrogens is 562 g/mol. The second-order valence-corrected chi connectivity index (χ2v) is 13.8. The van der Waals surface area contributed by atoms with Crippen molar-refractivity contribution >= 4 is 35.2 Å². The lowest BCUT2D eigenvalue weighted by Crippen LogP contribution is -2.58. The van der Waals surface area contributed by atoms with E-state index in [0.717, 1.165) is 43.5 Å². The fraction of sp³-hybridized carbons (Fsp3) is 0.618. The Morgan fingerprint density at radius 3 is 2.40 bits per heavy atom. The lowest BCUT2D eigenvalue weighted by molar-refractivity contribution is -0.143. The quantitative estimate of drug-likeness (QED) is 0.211. The Bertz CT molecular complexity index is 1170. The van der Waals surface area contributed by atoms with Gasteiger partial charge in [0.15, 0.2) is 0 Å². The number of nitrogens with zero attached hydrogens (tertiary/aromatic N) is 3. The van der Waals surface area contributed by atoms with Crippen LogP contribution in [0, 0.1) is 17.8 Å².